The molecule has 0 aliphatic carbocycles. The summed E-state index contributed by atoms with van der Waals surface area (Å²) in [5.74, 6) is 1.04. The molecular weight excluding hydrogens is 266 g/mol. The highest BCUT2D eigenvalue weighted by Crippen LogP contribution is 2.22. The van der Waals surface area contributed by atoms with Crippen molar-refractivity contribution in [1.82, 2.24) is 14.8 Å². The normalized spacial score (nSPS) is 21.9. The van der Waals surface area contributed by atoms with Crippen molar-refractivity contribution in [3.63, 3.8) is 0 Å². The lowest BCUT2D eigenvalue weighted by Gasteiger charge is -2.10. The number of rotatable bonds is 5. The van der Waals surface area contributed by atoms with Crippen LogP contribution in [-0.2, 0) is 21.1 Å². The Morgan fingerprint density at radius 3 is 2.84 bits per heavy atom. The van der Waals surface area contributed by atoms with Crippen LogP contribution in [0.1, 0.15) is 38.6 Å². The van der Waals surface area contributed by atoms with Crippen molar-refractivity contribution in [2.24, 2.45) is 5.92 Å². The molecule has 1 aromatic rings. The van der Waals surface area contributed by atoms with Crippen molar-refractivity contribution in [1.29, 1.82) is 0 Å². The van der Waals surface area contributed by atoms with E-state index in [0.29, 0.717) is 18.7 Å². The summed E-state index contributed by atoms with van der Waals surface area (Å²) >= 11 is 0. The second kappa shape index (κ2) is 5.40. The van der Waals surface area contributed by atoms with E-state index in [2.05, 4.69) is 10.1 Å². The minimum atomic E-state index is -2.91. The molecule has 1 unspecified atom stereocenters. The highest BCUT2D eigenvalue weighted by molar-refractivity contribution is 7.91. The molecule has 1 aliphatic heterocycles. The first-order valence-corrected chi connectivity index (χ1v) is 8.30. The van der Waals surface area contributed by atoms with Gasteiger partial charge in [-0.2, -0.15) is 5.10 Å². The predicted molar refractivity (Wildman–Crippen MR) is 70.5 cm³/mol. The minimum Gasteiger partial charge on any atom is -0.299 e. The lowest BCUT2D eigenvalue weighted by Crippen LogP contribution is -2.16. The van der Waals surface area contributed by atoms with Crippen molar-refractivity contribution in [2.75, 3.05) is 11.5 Å². The van der Waals surface area contributed by atoms with Gasteiger partial charge < -0.3 is 0 Å². The van der Waals surface area contributed by atoms with Crippen LogP contribution >= 0.6 is 0 Å². The van der Waals surface area contributed by atoms with Crippen LogP contribution in [0, 0.1) is 5.92 Å². The molecule has 106 valence electrons. The first-order valence-electron chi connectivity index (χ1n) is 6.48. The summed E-state index contributed by atoms with van der Waals surface area (Å²) in [5.41, 5.74) is 0. The van der Waals surface area contributed by atoms with Crippen LogP contribution < -0.4 is 0 Å². The van der Waals surface area contributed by atoms with Gasteiger partial charge in [0, 0.05) is 12.5 Å². The Hall–Kier alpha value is -1.24. The van der Waals surface area contributed by atoms with E-state index in [0.717, 1.165) is 0 Å². The number of Topliss-reactive ketones (excluding diaryl/α,β-unsaturated/α-hetero) is 1. The van der Waals surface area contributed by atoms with Crippen LogP contribution in [0.2, 0.25) is 0 Å². The molecule has 6 nitrogen and oxygen atoms in total. The smallest absolute Gasteiger partial charge is 0.150 e. The predicted octanol–water partition coefficient (Wildman–Crippen LogP) is 0.795. The fraction of sp³-hybridized carbons (Fsp3) is 0.750. The van der Waals surface area contributed by atoms with E-state index in [1.54, 1.807) is 4.68 Å². The summed E-state index contributed by atoms with van der Waals surface area (Å²) in [6.45, 7) is 3.96. The molecular formula is C12H19N3O3S. The van der Waals surface area contributed by atoms with E-state index in [9.17, 15) is 13.2 Å². The van der Waals surface area contributed by atoms with Gasteiger partial charge in [-0.05, 0) is 26.2 Å². The molecule has 2 heterocycles. The van der Waals surface area contributed by atoms with Crippen LogP contribution in [0.15, 0.2) is 6.33 Å². The molecule has 7 heteroatoms. The fourth-order valence-corrected chi connectivity index (χ4v) is 4.30. The minimum absolute atomic E-state index is 0.0204. The maximum Gasteiger partial charge on any atom is 0.150 e. The number of carbonyl (C=O) groups is 1. The van der Waals surface area contributed by atoms with Gasteiger partial charge in [-0.1, -0.05) is 0 Å². The van der Waals surface area contributed by atoms with Crippen LogP contribution in [0.5, 0.6) is 0 Å². The van der Waals surface area contributed by atoms with Gasteiger partial charge in [0.25, 0.3) is 0 Å². The van der Waals surface area contributed by atoms with Gasteiger partial charge in [0.1, 0.15) is 17.9 Å². The van der Waals surface area contributed by atoms with Gasteiger partial charge in [-0.15, -0.1) is 0 Å². The van der Waals surface area contributed by atoms with E-state index in [1.165, 1.54) is 6.33 Å². The second-order valence-corrected chi connectivity index (χ2v) is 7.63. The third-order valence-electron chi connectivity index (χ3n) is 3.33. The van der Waals surface area contributed by atoms with Crippen LogP contribution in [0.4, 0.5) is 0 Å². The standard InChI is InChI=1S/C12H19N3O3S/c1-9(2)15-12(13-8-14-15)6-11(16)5-10-3-4-19(17,18)7-10/h8-10H,3-7H2,1-2H3. The zero-order chi connectivity index (χ0) is 14.0. The number of hydrogen-bond donors (Lipinski definition) is 0. The number of ketones is 1. The number of aromatic nitrogens is 3. The van der Waals surface area contributed by atoms with Gasteiger partial charge in [-0.3, -0.25) is 4.79 Å². The lowest BCUT2D eigenvalue weighted by molar-refractivity contribution is -0.119. The van der Waals surface area contributed by atoms with Crippen molar-refractivity contribution in [3.05, 3.63) is 12.2 Å². The maximum atomic E-state index is 12.0. The summed E-state index contributed by atoms with van der Waals surface area (Å²) in [6.07, 6.45) is 2.60. The van der Waals surface area contributed by atoms with E-state index in [-0.39, 0.29) is 35.7 Å². The quantitative estimate of drug-likeness (QED) is 0.799. The van der Waals surface area contributed by atoms with Gasteiger partial charge in [0.15, 0.2) is 9.84 Å². The molecule has 1 atom stereocenters. The third-order valence-corrected chi connectivity index (χ3v) is 5.17. The molecule has 0 spiro atoms. The maximum absolute atomic E-state index is 12.0. The van der Waals surface area contributed by atoms with Gasteiger partial charge >= 0.3 is 0 Å². The number of nitrogens with zero attached hydrogens (tertiary/aromatic N) is 3. The van der Waals surface area contributed by atoms with Crippen molar-refractivity contribution in [2.45, 2.75) is 39.2 Å². The zero-order valence-electron chi connectivity index (χ0n) is 11.2. The van der Waals surface area contributed by atoms with Gasteiger partial charge in [0.2, 0.25) is 0 Å². The molecule has 1 fully saturated rings. The number of hydrogen-bond acceptors (Lipinski definition) is 5. The SMILES string of the molecule is CC(C)n1ncnc1CC(=O)CC1CCS(=O)(=O)C1. The topological polar surface area (TPSA) is 81.9 Å². The zero-order valence-corrected chi connectivity index (χ0v) is 12.1. The molecule has 1 aromatic heterocycles. The summed E-state index contributed by atoms with van der Waals surface area (Å²) in [7, 11) is -2.91. The lowest BCUT2D eigenvalue weighted by atomic mass is 10.0. The molecule has 0 N–H and O–H groups in total. The van der Waals surface area contributed by atoms with E-state index in [4.69, 9.17) is 0 Å². The van der Waals surface area contributed by atoms with Crippen molar-refractivity contribution < 1.29 is 13.2 Å². The Labute approximate surface area is 113 Å². The first-order chi connectivity index (χ1) is 8.87. The molecule has 1 saturated heterocycles. The molecule has 0 amide bonds. The van der Waals surface area contributed by atoms with Gasteiger partial charge in [-0.25, -0.2) is 18.1 Å². The molecule has 0 radical (unpaired) electrons. The molecule has 0 saturated carbocycles. The number of carbonyl (C=O) groups excluding carboxylic acids is 1. The third kappa shape index (κ3) is 3.62. The Morgan fingerprint density at radius 1 is 1.53 bits per heavy atom. The highest BCUT2D eigenvalue weighted by Gasteiger charge is 2.29. The van der Waals surface area contributed by atoms with Gasteiger partial charge in [0.05, 0.1) is 17.9 Å². The summed E-state index contributed by atoms with van der Waals surface area (Å²) < 4.78 is 24.4. The van der Waals surface area contributed by atoms with Crippen LogP contribution in [-0.4, -0.2) is 40.5 Å². The Kier molecular flexibility index (Phi) is 4.03. The fourth-order valence-electron chi connectivity index (χ4n) is 2.44. The molecule has 2 rings (SSSR count). The van der Waals surface area contributed by atoms with Crippen LogP contribution in [0.3, 0.4) is 0 Å². The molecule has 0 aromatic carbocycles. The first kappa shape index (κ1) is 14.2. The second-order valence-electron chi connectivity index (χ2n) is 5.40. The summed E-state index contributed by atoms with van der Waals surface area (Å²) in [6, 6.07) is 0.164. The van der Waals surface area contributed by atoms with Crippen LogP contribution in [0.25, 0.3) is 0 Å². The molecule has 1 aliphatic rings. The Balaban J connectivity index is 1.93. The number of sulfone groups is 1. The van der Waals surface area contributed by atoms with E-state index in [1.807, 2.05) is 13.8 Å². The van der Waals surface area contributed by atoms with Crippen molar-refractivity contribution in [3.8, 4) is 0 Å². The molecule has 19 heavy (non-hydrogen) atoms. The van der Waals surface area contributed by atoms with E-state index < -0.39 is 9.84 Å². The summed E-state index contributed by atoms with van der Waals surface area (Å²) in [4.78, 5) is 16.1. The van der Waals surface area contributed by atoms with E-state index >= 15 is 0 Å². The Bertz CT molecular complexity index is 563. The Morgan fingerprint density at radius 2 is 2.26 bits per heavy atom. The monoisotopic (exact) mass is 285 g/mol. The average Bonchev–Trinajstić information content (AvgIpc) is 2.85. The largest absolute Gasteiger partial charge is 0.299 e. The highest BCUT2D eigenvalue weighted by atomic mass is 32.2. The van der Waals surface area contributed by atoms with Crippen molar-refractivity contribution >= 4 is 15.6 Å². The average molecular weight is 285 g/mol. The molecule has 0 bridgehead atoms. The summed E-state index contributed by atoms with van der Waals surface area (Å²) in [5, 5.41) is 4.08.